The van der Waals surface area contributed by atoms with Gasteiger partial charge in [-0.1, -0.05) is 42.2 Å². The summed E-state index contributed by atoms with van der Waals surface area (Å²) in [6, 6.07) is 11.2. The van der Waals surface area contributed by atoms with Crippen molar-refractivity contribution in [3.8, 4) is 11.8 Å². The minimum absolute atomic E-state index is 0.197. The molecule has 0 unspecified atom stereocenters. The zero-order valence-corrected chi connectivity index (χ0v) is 11.4. The maximum Gasteiger partial charge on any atom is 0.408 e. The van der Waals surface area contributed by atoms with Crippen LogP contribution in [-0.2, 0) is 11.3 Å². The maximum absolute atomic E-state index is 11.4. The number of aromatic nitrogens is 1. The highest BCUT2D eigenvalue weighted by atomic mass is 16.5. The van der Waals surface area contributed by atoms with Crippen molar-refractivity contribution in [2.24, 2.45) is 0 Å². The second-order valence-corrected chi connectivity index (χ2v) is 4.22. The van der Waals surface area contributed by atoms with Crippen LogP contribution < -0.4 is 11.1 Å². The molecule has 1 aromatic carbocycles. The number of anilines is 1. The zero-order chi connectivity index (χ0) is 14.9. The number of nitrogens with zero attached hydrogens (tertiary/aromatic N) is 1. The van der Waals surface area contributed by atoms with E-state index >= 15 is 0 Å². The topological polar surface area (TPSA) is 77.2 Å². The fourth-order valence-electron chi connectivity index (χ4n) is 1.56. The second-order valence-electron chi connectivity index (χ2n) is 4.22. The normalized spacial score (nSPS) is 9.33. The summed E-state index contributed by atoms with van der Waals surface area (Å²) >= 11 is 0. The van der Waals surface area contributed by atoms with Crippen LogP contribution >= 0.6 is 0 Å². The molecule has 0 bridgehead atoms. The summed E-state index contributed by atoms with van der Waals surface area (Å²) in [5.41, 5.74) is 7.78. The average Bonchev–Trinajstić information content (AvgIpc) is 2.51. The van der Waals surface area contributed by atoms with Crippen LogP contribution in [0.1, 0.15) is 11.1 Å². The third kappa shape index (κ3) is 5.25. The van der Waals surface area contributed by atoms with Crippen molar-refractivity contribution < 1.29 is 9.53 Å². The Labute approximate surface area is 123 Å². The van der Waals surface area contributed by atoms with E-state index in [4.69, 9.17) is 10.5 Å². The van der Waals surface area contributed by atoms with Gasteiger partial charge in [0.1, 0.15) is 6.61 Å². The summed E-state index contributed by atoms with van der Waals surface area (Å²) in [5.74, 6) is 5.65. The number of hydrogen-bond acceptors (Lipinski definition) is 4. The van der Waals surface area contributed by atoms with Gasteiger partial charge in [0, 0.05) is 18.0 Å². The van der Waals surface area contributed by atoms with E-state index in [0.29, 0.717) is 11.3 Å². The molecule has 5 heteroatoms. The number of hydrogen-bond donors (Lipinski definition) is 2. The number of nitrogens with two attached hydrogens (primary N) is 1. The van der Waals surface area contributed by atoms with Gasteiger partial charge >= 0.3 is 6.09 Å². The van der Waals surface area contributed by atoms with Crippen LogP contribution in [0.25, 0.3) is 0 Å². The van der Waals surface area contributed by atoms with Crippen molar-refractivity contribution >= 4 is 11.8 Å². The number of carbonyl (C=O) groups excluding carboxylic acids is 1. The molecule has 2 aromatic rings. The van der Waals surface area contributed by atoms with E-state index in [-0.39, 0.29) is 13.2 Å². The van der Waals surface area contributed by atoms with Gasteiger partial charge in [-0.2, -0.15) is 0 Å². The third-order valence-electron chi connectivity index (χ3n) is 2.53. The van der Waals surface area contributed by atoms with Crippen LogP contribution in [0.2, 0.25) is 0 Å². The van der Waals surface area contributed by atoms with Crippen molar-refractivity contribution in [2.45, 2.75) is 6.61 Å². The van der Waals surface area contributed by atoms with E-state index in [0.717, 1.165) is 5.56 Å². The molecule has 3 N–H and O–H groups in total. The predicted octanol–water partition coefficient (Wildman–Crippen LogP) is 1.94. The van der Waals surface area contributed by atoms with Gasteiger partial charge in [0.05, 0.1) is 12.2 Å². The summed E-state index contributed by atoms with van der Waals surface area (Å²) in [6.07, 6.45) is 2.65. The van der Waals surface area contributed by atoms with Crippen LogP contribution in [-0.4, -0.2) is 17.6 Å². The minimum Gasteiger partial charge on any atom is -0.445 e. The lowest BCUT2D eigenvalue weighted by molar-refractivity contribution is 0.141. The number of benzene rings is 1. The molecule has 0 aliphatic heterocycles. The molecule has 2 rings (SSSR count). The number of nitrogens with one attached hydrogen (secondary N) is 1. The molecule has 21 heavy (non-hydrogen) atoms. The van der Waals surface area contributed by atoms with Crippen molar-refractivity contribution in [1.29, 1.82) is 0 Å². The first-order chi connectivity index (χ1) is 10.2. The number of alkyl carbamates (subject to hydrolysis) is 1. The average molecular weight is 281 g/mol. The Kier molecular flexibility index (Phi) is 5.18. The van der Waals surface area contributed by atoms with Crippen molar-refractivity contribution in [2.75, 3.05) is 12.3 Å². The van der Waals surface area contributed by atoms with Gasteiger partial charge in [0.25, 0.3) is 0 Å². The molecular weight excluding hydrogens is 266 g/mol. The molecule has 106 valence electrons. The molecule has 1 heterocycles. The Hall–Kier alpha value is -3.00. The van der Waals surface area contributed by atoms with Gasteiger partial charge in [-0.3, -0.25) is 4.98 Å². The Morgan fingerprint density at radius 3 is 2.86 bits per heavy atom. The molecular formula is C16H15N3O2. The molecule has 0 aliphatic carbocycles. The highest BCUT2D eigenvalue weighted by Gasteiger charge is 2.00. The van der Waals surface area contributed by atoms with E-state index in [9.17, 15) is 4.79 Å². The molecule has 0 atom stereocenters. The molecule has 1 amide bonds. The minimum atomic E-state index is -0.501. The van der Waals surface area contributed by atoms with E-state index in [2.05, 4.69) is 22.1 Å². The summed E-state index contributed by atoms with van der Waals surface area (Å²) in [7, 11) is 0. The number of amides is 1. The van der Waals surface area contributed by atoms with Gasteiger partial charge in [0.2, 0.25) is 0 Å². The Morgan fingerprint density at radius 1 is 1.29 bits per heavy atom. The summed E-state index contributed by atoms with van der Waals surface area (Å²) < 4.78 is 5.05. The molecule has 0 saturated heterocycles. The Morgan fingerprint density at radius 2 is 2.10 bits per heavy atom. The van der Waals surface area contributed by atoms with Crippen molar-refractivity contribution in [1.82, 2.24) is 10.3 Å². The highest BCUT2D eigenvalue weighted by Crippen LogP contribution is 2.01. The number of carbonyl (C=O) groups is 1. The number of nitrogen functional groups attached to an aromatic ring is 1. The number of pyridine rings is 1. The van der Waals surface area contributed by atoms with E-state index in [1.807, 2.05) is 30.3 Å². The number of ether oxygens (including phenoxy) is 1. The van der Waals surface area contributed by atoms with Crippen LogP contribution in [0.4, 0.5) is 10.5 Å². The summed E-state index contributed by atoms with van der Waals surface area (Å²) in [5, 5.41) is 2.55. The molecule has 0 radical (unpaired) electrons. The van der Waals surface area contributed by atoms with Gasteiger partial charge in [-0.05, 0) is 11.6 Å². The molecule has 1 aromatic heterocycles. The molecule has 0 aliphatic rings. The third-order valence-corrected chi connectivity index (χ3v) is 2.53. The monoisotopic (exact) mass is 281 g/mol. The maximum atomic E-state index is 11.4. The Bertz CT molecular complexity index is 660. The summed E-state index contributed by atoms with van der Waals surface area (Å²) in [6.45, 7) is 0.432. The summed E-state index contributed by atoms with van der Waals surface area (Å²) in [4.78, 5) is 15.4. The fraction of sp³-hybridized carbons (Fsp3) is 0.125. The molecule has 0 saturated carbocycles. The molecule has 5 nitrogen and oxygen atoms in total. The van der Waals surface area contributed by atoms with Gasteiger partial charge in [-0.15, -0.1) is 0 Å². The molecule has 0 fully saturated rings. The van der Waals surface area contributed by atoms with Crippen LogP contribution in [0.15, 0.2) is 48.8 Å². The van der Waals surface area contributed by atoms with Crippen LogP contribution in [0.3, 0.4) is 0 Å². The van der Waals surface area contributed by atoms with E-state index < -0.39 is 6.09 Å². The van der Waals surface area contributed by atoms with Gasteiger partial charge in [-0.25, -0.2) is 4.79 Å². The lowest BCUT2D eigenvalue weighted by Crippen LogP contribution is -2.24. The Balaban J connectivity index is 1.72. The van der Waals surface area contributed by atoms with Crippen molar-refractivity contribution in [3.05, 3.63) is 59.9 Å². The smallest absolute Gasteiger partial charge is 0.408 e. The first kappa shape index (κ1) is 14.4. The second kappa shape index (κ2) is 7.56. The zero-order valence-electron chi connectivity index (χ0n) is 11.4. The SMILES string of the molecule is Nc1cncc(C#CCNC(=O)OCc2ccccc2)c1. The van der Waals surface area contributed by atoms with Gasteiger partial charge < -0.3 is 15.8 Å². The standard InChI is InChI=1S/C16H15N3O2/c17-15-9-14(10-18-11-15)7-4-8-19-16(20)21-12-13-5-2-1-3-6-13/h1-3,5-6,9-11H,8,12,17H2,(H,19,20). The fourth-order valence-corrected chi connectivity index (χ4v) is 1.56. The van der Waals surface area contributed by atoms with Crippen molar-refractivity contribution in [3.63, 3.8) is 0 Å². The lowest BCUT2D eigenvalue weighted by Gasteiger charge is -2.04. The first-order valence-corrected chi connectivity index (χ1v) is 6.38. The van der Waals surface area contributed by atoms with Crippen LogP contribution in [0.5, 0.6) is 0 Å². The van der Waals surface area contributed by atoms with Crippen LogP contribution in [0, 0.1) is 11.8 Å². The number of rotatable bonds is 3. The molecule has 0 spiro atoms. The van der Waals surface area contributed by atoms with E-state index in [1.165, 1.54) is 0 Å². The van der Waals surface area contributed by atoms with E-state index in [1.54, 1.807) is 18.5 Å². The highest BCUT2D eigenvalue weighted by molar-refractivity contribution is 5.67. The predicted molar refractivity (Wildman–Crippen MR) is 80.2 cm³/mol. The first-order valence-electron chi connectivity index (χ1n) is 6.38. The quantitative estimate of drug-likeness (QED) is 0.843. The largest absolute Gasteiger partial charge is 0.445 e. The lowest BCUT2D eigenvalue weighted by atomic mass is 10.2. The van der Waals surface area contributed by atoms with Gasteiger partial charge in [0.15, 0.2) is 0 Å².